The van der Waals surface area contributed by atoms with Gasteiger partial charge in [0.1, 0.15) is 12.1 Å². The van der Waals surface area contributed by atoms with Gasteiger partial charge in [-0.3, -0.25) is 9.78 Å². The molecule has 4 aromatic heterocycles. The summed E-state index contributed by atoms with van der Waals surface area (Å²) in [6.45, 7) is 2.67. The minimum absolute atomic E-state index is 0.0516. The first-order chi connectivity index (χ1) is 16.5. The third kappa shape index (κ3) is 4.77. The number of halogens is 2. The monoisotopic (exact) mass is 465 g/mol. The lowest BCUT2D eigenvalue weighted by Gasteiger charge is -2.04. The lowest BCUT2D eigenvalue weighted by atomic mass is 10.2. The molecule has 1 aliphatic carbocycles. The number of nitrogens with zero attached hydrogens (tertiary/aromatic N) is 5. The molecule has 5 rings (SSSR count). The van der Waals surface area contributed by atoms with Gasteiger partial charge in [-0.1, -0.05) is 0 Å². The van der Waals surface area contributed by atoms with Gasteiger partial charge < -0.3 is 15.1 Å². The Kier molecular flexibility index (Phi) is 5.74. The van der Waals surface area contributed by atoms with Crippen LogP contribution in [-0.4, -0.2) is 37.2 Å². The summed E-state index contributed by atoms with van der Waals surface area (Å²) < 4.78 is 33.8. The Bertz CT molecular complexity index is 1310. The molecule has 0 unspecified atom stereocenters. The van der Waals surface area contributed by atoms with E-state index in [9.17, 15) is 13.6 Å². The highest BCUT2D eigenvalue weighted by atomic mass is 19.3. The summed E-state index contributed by atoms with van der Waals surface area (Å²) in [7, 11) is 0. The summed E-state index contributed by atoms with van der Waals surface area (Å²) in [5.74, 6) is 0.901. The first kappa shape index (κ1) is 21.7. The normalized spacial score (nSPS) is 13.3. The smallest absolute Gasteiger partial charge is 0.284 e. The number of carbonyl (C=O) groups is 1. The van der Waals surface area contributed by atoms with Crippen molar-refractivity contribution in [1.29, 1.82) is 0 Å². The van der Waals surface area contributed by atoms with E-state index in [0.29, 0.717) is 23.0 Å². The molecule has 174 valence electrons. The van der Waals surface area contributed by atoms with Crippen molar-refractivity contribution >= 4 is 17.4 Å². The van der Waals surface area contributed by atoms with Crippen LogP contribution >= 0.6 is 0 Å². The van der Waals surface area contributed by atoms with Gasteiger partial charge in [0.05, 0.1) is 23.8 Å². The lowest BCUT2D eigenvalue weighted by Crippen LogP contribution is -2.13. The summed E-state index contributed by atoms with van der Waals surface area (Å²) in [6, 6.07) is 6.93. The van der Waals surface area contributed by atoms with E-state index in [1.54, 1.807) is 30.5 Å². The zero-order valence-electron chi connectivity index (χ0n) is 18.2. The summed E-state index contributed by atoms with van der Waals surface area (Å²) in [5.41, 5.74) is 1.17. The Hall–Kier alpha value is -4.15. The quantitative estimate of drug-likeness (QED) is 0.390. The van der Waals surface area contributed by atoms with E-state index in [4.69, 9.17) is 4.42 Å². The van der Waals surface area contributed by atoms with E-state index >= 15 is 0 Å². The van der Waals surface area contributed by atoms with Crippen LogP contribution in [0.1, 0.15) is 41.1 Å². The second kappa shape index (κ2) is 9.00. The van der Waals surface area contributed by atoms with Gasteiger partial charge in [-0.05, 0) is 49.9 Å². The number of nitrogens with one attached hydrogen (secondary N) is 2. The molecule has 11 heteroatoms. The standard InChI is InChI=1S/C23H21F2N7O2/c1-13-2-5-16(10-27-13)32-11-17(20(31-32)21(24)25)29-22(33)18-12-34-23(30-18)15-6-7-26-19(8-15)28-9-14-3-4-14/h2,5-8,10-12,14,21H,3-4,9H2,1H3,(H,26,28)(H,29,33). The van der Waals surface area contributed by atoms with Crippen molar-refractivity contribution in [3.05, 3.63) is 66.2 Å². The van der Waals surface area contributed by atoms with Crippen LogP contribution in [0.25, 0.3) is 17.1 Å². The number of aryl methyl sites for hydroxylation is 1. The summed E-state index contributed by atoms with van der Waals surface area (Å²) in [6.07, 6.45) is 5.18. The van der Waals surface area contributed by atoms with Crippen LogP contribution in [0, 0.1) is 12.8 Å². The fourth-order valence-electron chi connectivity index (χ4n) is 3.30. The SMILES string of the molecule is Cc1ccc(-n2cc(NC(=O)c3coc(-c4ccnc(NCC5CC5)c4)n3)c(C(F)F)n2)cn1. The molecule has 9 nitrogen and oxygen atoms in total. The van der Waals surface area contributed by atoms with Gasteiger partial charge in [0, 0.05) is 24.0 Å². The fraction of sp³-hybridized carbons (Fsp3) is 0.261. The molecular formula is C23H21F2N7O2. The Morgan fingerprint density at radius 2 is 2.12 bits per heavy atom. The highest BCUT2D eigenvalue weighted by Crippen LogP contribution is 2.30. The number of rotatable bonds is 8. The number of carbonyl (C=O) groups excluding carboxylic acids is 1. The molecule has 0 radical (unpaired) electrons. The second-order valence-electron chi connectivity index (χ2n) is 8.08. The maximum atomic E-state index is 13.6. The molecule has 4 heterocycles. The van der Waals surface area contributed by atoms with Crippen molar-refractivity contribution in [2.45, 2.75) is 26.2 Å². The lowest BCUT2D eigenvalue weighted by molar-refractivity contribution is 0.102. The Balaban J connectivity index is 1.33. The number of hydrogen-bond donors (Lipinski definition) is 2. The number of hydrogen-bond acceptors (Lipinski definition) is 7. The predicted molar refractivity (Wildman–Crippen MR) is 120 cm³/mol. The number of anilines is 2. The Morgan fingerprint density at radius 3 is 2.85 bits per heavy atom. The van der Waals surface area contributed by atoms with E-state index in [2.05, 4.69) is 30.7 Å². The van der Waals surface area contributed by atoms with Crippen LogP contribution in [0.5, 0.6) is 0 Å². The highest BCUT2D eigenvalue weighted by molar-refractivity contribution is 6.03. The number of alkyl halides is 2. The van der Waals surface area contributed by atoms with Gasteiger partial charge in [-0.15, -0.1) is 0 Å². The fourth-order valence-corrected chi connectivity index (χ4v) is 3.30. The predicted octanol–water partition coefficient (Wildman–Crippen LogP) is 4.64. The number of oxazole rings is 1. The summed E-state index contributed by atoms with van der Waals surface area (Å²) >= 11 is 0. The number of amides is 1. The molecular weight excluding hydrogens is 444 g/mol. The van der Waals surface area contributed by atoms with E-state index in [1.807, 2.05) is 6.92 Å². The third-order valence-electron chi connectivity index (χ3n) is 5.37. The van der Waals surface area contributed by atoms with Crippen molar-refractivity contribution < 1.29 is 18.0 Å². The van der Waals surface area contributed by atoms with Gasteiger partial charge in [0.25, 0.3) is 12.3 Å². The van der Waals surface area contributed by atoms with Gasteiger partial charge in [0.15, 0.2) is 11.4 Å². The van der Waals surface area contributed by atoms with E-state index < -0.39 is 18.0 Å². The van der Waals surface area contributed by atoms with Crippen LogP contribution in [0.3, 0.4) is 0 Å². The van der Waals surface area contributed by atoms with Crippen LogP contribution in [0.15, 0.2) is 53.5 Å². The van der Waals surface area contributed by atoms with Crippen molar-refractivity contribution in [1.82, 2.24) is 24.7 Å². The molecule has 2 N–H and O–H groups in total. The molecule has 1 saturated carbocycles. The van der Waals surface area contributed by atoms with Crippen LogP contribution in [-0.2, 0) is 0 Å². The summed E-state index contributed by atoms with van der Waals surface area (Å²) in [4.78, 5) is 25.4. The molecule has 0 saturated heterocycles. The molecule has 1 amide bonds. The number of aromatic nitrogens is 5. The topological polar surface area (TPSA) is 111 Å². The molecule has 1 aliphatic rings. The Labute approximate surface area is 193 Å². The van der Waals surface area contributed by atoms with Crippen molar-refractivity contribution in [3.8, 4) is 17.1 Å². The summed E-state index contributed by atoms with van der Waals surface area (Å²) in [5, 5.41) is 9.63. The molecule has 1 fully saturated rings. The van der Waals surface area contributed by atoms with Gasteiger partial charge in [-0.25, -0.2) is 23.4 Å². The maximum absolute atomic E-state index is 13.6. The first-order valence-corrected chi connectivity index (χ1v) is 10.7. The van der Waals surface area contributed by atoms with Crippen molar-refractivity contribution in [2.75, 3.05) is 17.2 Å². The third-order valence-corrected chi connectivity index (χ3v) is 5.37. The van der Waals surface area contributed by atoms with Gasteiger partial charge >= 0.3 is 0 Å². The van der Waals surface area contributed by atoms with Crippen LogP contribution in [0.4, 0.5) is 20.3 Å². The first-order valence-electron chi connectivity index (χ1n) is 10.7. The zero-order chi connectivity index (χ0) is 23.7. The van der Waals surface area contributed by atoms with E-state index in [1.165, 1.54) is 36.2 Å². The van der Waals surface area contributed by atoms with E-state index in [0.717, 1.165) is 12.2 Å². The molecule has 0 bridgehead atoms. The molecule has 0 aromatic carbocycles. The number of pyridine rings is 2. The van der Waals surface area contributed by atoms with Gasteiger partial charge in [-0.2, -0.15) is 5.10 Å². The molecule has 0 spiro atoms. The van der Waals surface area contributed by atoms with Gasteiger partial charge in [0.2, 0.25) is 5.89 Å². The van der Waals surface area contributed by atoms with Crippen molar-refractivity contribution in [2.24, 2.45) is 5.92 Å². The molecule has 0 atom stereocenters. The molecule has 0 aliphatic heterocycles. The second-order valence-corrected chi connectivity index (χ2v) is 8.08. The van der Waals surface area contributed by atoms with E-state index in [-0.39, 0.29) is 17.3 Å². The van der Waals surface area contributed by atoms with Crippen molar-refractivity contribution in [3.63, 3.8) is 0 Å². The molecule has 4 aromatic rings. The molecule has 34 heavy (non-hydrogen) atoms. The minimum Gasteiger partial charge on any atom is -0.444 e. The minimum atomic E-state index is -2.89. The Morgan fingerprint density at radius 1 is 1.26 bits per heavy atom. The maximum Gasteiger partial charge on any atom is 0.284 e. The van der Waals surface area contributed by atoms with Crippen LogP contribution in [0.2, 0.25) is 0 Å². The largest absolute Gasteiger partial charge is 0.444 e. The van der Waals surface area contributed by atoms with Crippen LogP contribution < -0.4 is 10.6 Å². The average molecular weight is 465 g/mol. The highest BCUT2D eigenvalue weighted by Gasteiger charge is 2.23. The zero-order valence-corrected chi connectivity index (χ0v) is 18.2. The average Bonchev–Trinajstić information content (AvgIpc) is 3.35.